The van der Waals surface area contributed by atoms with Gasteiger partial charge in [-0.15, -0.1) is 0 Å². The largest absolute Gasteiger partial charge is 0.389 e. The van der Waals surface area contributed by atoms with Crippen LogP contribution in [0.1, 0.15) is 34.2 Å². The van der Waals surface area contributed by atoms with E-state index in [1.807, 2.05) is 12.2 Å². The molecular formula is C22H21NO. The molecule has 0 bridgehead atoms. The van der Waals surface area contributed by atoms with Gasteiger partial charge in [0.1, 0.15) is 0 Å². The van der Waals surface area contributed by atoms with Gasteiger partial charge in [0.05, 0.1) is 6.10 Å². The smallest absolute Gasteiger partial charge is 0.0764 e. The van der Waals surface area contributed by atoms with Gasteiger partial charge in [0.25, 0.3) is 0 Å². The predicted molar refractivity (Wildman–Crippen MR) is 101 cm³/mol. The maximum absolute atomic E-state index is 9.98. The van der Waals surface area contributed by atoms with E-state index in [1.165, 1.54) is 39.0 Å². The Bertz CT molecular complexity index is 873. The Balaban J connectivity index is 1.82. The Morgan fingerprint density at radius 2 is 1.92 bits per heavy atom. The molecule has 4 rings (SSSR count). The molecule has 2 aromatic carbocycles. The van der Waals surface area contributed by atoms with Crippen LogP contribution in [0.3, 0.4) is 0 Å². The molecule has 2 heteroatoms. The average Bonchev–Trinajstić information content (AvgIpc) is 2.94. The first-order valence-electron chi connectivity index (χ1n) is 8.46. The third kappa shape index (κ3) is 2.64. The van der Waals surface area contributed by atoms with Crippen molar-refractivity contribution in [3.8, 4) is 0 Å². The molecule has 0 amide bonds. The van der Waals surface area contributed by atoms with Crippen LogP contribution >= 0.6 is 0 Å². The molecule has 1 unspecified atom stereocenters. The van der Waals surface area contributed by atoms with Gasteiger partial charge in [-0.05, 0) is 58.0 Å². The first kappa shape index (κ1) is 15.1. The molecule has 120 valence electrons. The molecule has 0 heterocycles. The van der Waals surface area contributed by atoms with Crippen LogP contribution in [0.15, 0.2) is 54.6 Å². The van der Waals surface area contributed by atoms with E-state index >= 15 is 0 Å². The van der Waals surface area contributed by atoms with Crippen molar-refractivity contribution in [2.75, 3.05) is 6.54 Å². The fraction of sp³-hybridized carbons (Fsp3) is 0.182. The van der Waals surface area contributed by atoms with Crippen LogP contribution in [-0.2, 0) is 6.42 Å². The van der Waals surface area contributed by atoms with Gasteiger partial charge in [-0.25, -0.2) is 0 Å². The maximum atomic E-state index is 9.98. The van der Waals surface area contributed by atoms with E-state index in [0.717, 1.165) is 6.42 Å². The molecule has 24 heavy (non-hydrogen) atoms. The summed E-state index contributed by atoms with van der Waals surface area (Å²) in [4.78, 5) is 0. The van der Waals surface area contributed by atoms with Crippen LogP contribution in [0.25, 0.3) is 23.3 Å². The highest BCUT2D eigenvalue weighted by Crippen LogP contribution is 2.38. The van der Waals surface area contributed by atoms with Gasteiger partial charge in [0, 0.05) is 6.42 Å². The molecule has 0 fully saturated rings. The molecule has 0 spiro atoms. The van der Waals surface area contributed by atoms with Crippen LogP contribution in [0.4, 0.5) is 0 Å². The molecule has 2 aliphatic carbocycles. The zero-order valence-corrected chi connectivity index (χ0v) is 13.6. The minimum absolute atomic E-state index is 0.392. The van der Waals surface area contributed by atoms with E-state index in [-0.39, 0.29) is 0 Å². The Morgan fingerprint density at radius 1 is 1.08 bits per heavy atom. The first-order valence-corrected chi connectivity index (χ1v) is 8.46. The summed E-state index contributed by atoms with van der Waals surface area (Å²) in [5.74, 6) is 0. The van der Waals surface area contributed by atoms with E-state index in [4.69, 9.17) is 5.73 Å². The lowest BCUT2D eigenvalue weighted by Crippen LogP contribution is -2.12. The number of hydrogen-bond acceptors (Lipinski definition) is 2. The fourth-order valence-electron chi connectivity index (χ4n) is 3.65. The van der Waals surface area contributed by atoms with E-state index < -0.39 is 6.10 Å². The van der Waals surface area contributed by atoms with Gasteiger partial charge in [0.15, 0.2) is 0 Å². The summed E-state index contributed by atoms with van der Waals surface area (Å²) in [6.45, 7) is 0.658. The molecule has 2 nitrogen and oxygen atoms in total. The number of aliphatic hydroxyl groups is 1. The lowest BCUT2D eigenvalue weighted by molar-refractivity contribution is 0.223. The normalized spacial score (nSPS) is 20.0. The minimum atomic E-state index is -0.392. The third-order valence-corrected chi connectivity index (χ3v) is 4.80. The minimum Gasteiger partial charge on any atom is -0.389 e. The van der Waals surface area contributed by atoms with Crippen molar-refractivity contribution in [2.45, 2.75) is 18.9 Å². The Labute approximate surface area is 142 Å². The highest BCUT2D eigenvalue weighted by Gasteiger charge is 2.19. The molecule has 0 saturated heterocycles. The Morgan fingerprint density at radius 3 is 2.75 bits per heavy atom. The third-order valence-electron chi connectivity index (χ3n) is 4.80. The van der Waals surface area contributed by atoms with Crippen molar-refractivity contribution in [1.82, 2.24) is 0 Å². The van der Waals surface area contributed by atoms with Gasteiger partial charge >= 0.3 is 0 Å². The van der Waals surface area contributed by atoms with Gasteiger partial charge < -0.3 is 10.8 Å². The summed E-state index contributed by atoms with van der Waals surface area (Å²) in [7, 11) is 0. The number of aliphatic hydroxyl groups excluding tert-OH is 1. The zero-order chi connectivity index (χ0) is 16.5. The molecule has 2 aromatic rings. The molecule has 0 radical (unpaired) electrons. The fourth-order valence-corrected chi connectivity index (χ4v) is 3.65. The molecular weight excluding hydrogens is 294 g/mol. The lowest BCUT2D eigenvalue weighted by atomic mass is 9.90. The molecule has 3 N–H and O–H groups in total. The van der Waals surface area contributed by atoms with Crippen molar-refractivity contribution in [3.05, 3.63) is 82.4 Å². The van der Waals surface area contributed by atoms with Crippen molar-refractivity contribution in [3.63, 3.8) is 0 Å². The van der Waals surface area contributed by atoms with E-state index in [1.54, 1.807) is 0 Å². The summed E-state index contributed by atoms with van der Waals surface area (Å²) in [5.41, 5.74) is 14.5. The molecule has 0 saturated carbocycles. The second-order valence-corrected chi connectivity index (χ2v) is 6.40. The van der Waals surface area contributed by atoms with Gasteiger partial charge in [-0.3, -0.25) is 0 Å². The van der Waals surface area contributed by atoms with Crippen LogP contribution in [0.2, 0.25) is 0 Å². The van der Waals surface area contributed by atoms with Gasteiger partial charge in [-0.2, -0.15) is 0 Å². The van der Waals surface area contributed by atoms with E-state index in [9.17, 15) is 5.11 Å². The molecule has 2 aliphatic rings. The zero-order valence-electron chi connectivity index (χ0n) is 13.6. The monoisotopic (exact) mass is 315 g/mol. The summed E-state index contributed by atoms with van der Waals surface area (Å²) < 4.78 is 0. The van der Waals surface area contributed by atoms with E-state index in [0.29, 0.717) is 13.0 Å². The molecule has 1 atom stereocenters. The standard InChI is InChI=1S/C22H21NO/c23-11-10-17-13-18(21-7-2-1-6-20(17)21)12-16-5-3-4-15-8-9-19(24)14-22(15)16/h1-9,12-13,19,24H,10-11,14,23H2/b18-12+. The summed E-state index contributed by atoms with van der Waals surface area (Å²) >= 11 is 0. The second kappa shape index (κ2) is 6.23. The topological polar surface area (TPSA) is 46.2 Å². The SMILES string of the molecule is NCCC1=C/C(=C\c2cccc3c2CC(O)C=C3)c2ccccc21. The molecule has 0 aromatic heterocycles. The summed E-state index contributed by atoms with van der Waals surface area (Å²) in [6.07, 6.45) is 9.55. The van der Waals surface area contributed by atoms with E-state index in [2.05, 4.69) is 54.6 Å². The number of hydrogen-bond donors (Lipinski definition) is 2. The van der Waals surface area contributed by atoms with Gasteiger partial charge in [-0.1, -0.05) is 60.7 Å². The van der Waals surface area contributed by atoms with Crippen molar-refractivity contribution < 1.29 is 5.11 Å². The summed E-state index contributed by atoms with van der Waals surface area (Å²) in [5, 5.41) is 9.98. The second-order valence-electron chi connectivity index (χ2n) is 6.40. The van der Waals surface area contributed by atoms with Crippen molar-refractivity contribution in [2.24, 2.45) is 5.73 Å². The number of allylic oxidation sites excluding steroid dienone is 2. The Kier molecular flexibility index (Phi) is 3.93. The van der Waals surface area contributed by atoms with Gasteiger partial charge in [0.2, 0.25) is 0 Å². The average molecular weight is 315 g/mol. The predicted octanol–water partition coefficient (Wildman–Crippen LogP) is 3.90. The molecule has 0 aliphatic heterocycles. The van der Waals surface area contributed by atoms with Crippen LogP contribution in [-0.4, -0.2) is 17.8 Å². The van der Waals surface area contributed by atoms with Crippen LogP contribution in [0.5, 0.6) is 0 Å². The number of fused-ring (bicyclic) bond motifs is 2. The van der Waals surface area contributed by atoms with Crippen LogP contribution in [0, 0.1) is 0 Å². The summed E-state index contributed by atoms with van der Waals surface area (Å²) in [6, 6.07) is 14.8. The van der Waals surface area contributed by atoms with Crippen molar-refractivity contribution >= 4 is 23.3 Å². The van der Waals surface area contributed by atoms with Crippen molar-refractivity contribution in [1.29, 1.82) is 0 Å². The lowest BCUT2D eigenvalue weighted by Gasteiger charge is -2.17. The maximum Gasteiger partial charge on any atom is 0.0764 e. The highest BCUT2D eigenvalue weighted by atomic mass is 16.3. The van der Waals surface area contributed by atoms with Crippen LogP contribution < -0.4 is 5.73 Å². The number of benzene rings is 2. The first-order chi connectivity index (χ1) is 11.8. The Hall–Kier alpha value is -2.42. The number of nitrogens with two attached hydrogens (primary N) is 1. The highest BCUT2D eigenvalue weighted by molar-refractivity contribution is 6.02. The quantitative estimate of drug-likeness (QED) is 0.902. The number of rotatable bonds is 3.